The minimum absolute atomic E-state index is 0.223. The van der Waals surface area contributed by atoms with Crippen LogP contribution in [0.3, 0.4) is 0 Å². The molecule has 1 aliphatic heterocycles. The standard InChI is InChI=1S/C14H17NO4/c1-14(2)13(17)19-9-8-15(14)12(16)10-6-4-5-7-11(10)18-3/h4-7H,8-9H2,1-3H3. The van der Waals surface area contributed by atoms with Gasteiger partial charge in [0.1, 0.15) is 17.9 Å². The van der Waals surface area contributed by atoms with E-state index in [1.54, 1.807) is 38.1 Å². The van der Waals surface area contributed by atoms with Crippen molar-refractivity contribution in [2.45, 2.75) is 19.4 Å². The van der Waals surface area contributed by atoms with E-state index in [1.165, 1.54) is 12.0 Å². The van der Waals surface area contributed by atoms with Crippen molar-refractivity contribution in [1.29, 1.82) is 0 Å². The van der Waals surface area contributed by atoms with Crippen LogP contribution in [0.15, 0.2) is 24.3 Å². The van der Waals surface area contributed by atoms with E-state index in [0.29, 0.717) is 17.9 Å². The summed E-state index contributed by atoms with van der Waals surface area (Å²) in [7, 11) is 1.52. The van der Waals surface area contributed by atoms with Gasteiger partial charge in [-0.15, -0.1) is 0 Å². The lowest BCUT2D eigenvalue weighted by atomic mass is 9.99. The fourth-order valence-electron chi connectivity index (χ4n) is 2.12. The van der Waals surface area contributed by atoms with Gasteiger partial charge in [-0.3, -0.25) is 4.79 Å². The van der Waals surface area contributed by atoms with Crippen molar-refractivity contribution < 1.29 is 19.1 Å². The maximum Gasteiger partial charge on any atom is 0.331 e. The van der Waals surface area contributed by atoms with Crippen LogP contribution in [0.5, 0.6) is 5.75 Å². The lowest BCUT2D eigenvalue weighted by Gasteiger charge is -2.40. The van der Waals surface area contributed by atoms with Crippen molar-refractivity contribution in [3.8, 4) is 5.75 Å². The molecule has 0 radical (unpaired) electrons. The van der Waals surface area contributed by atoms with Crippen molar-refractivity contribution in [2.24, 2.45) is 0 Å². The molecule has 5 heteroatoms. The van der Waals surface area contributed by atoms with Crippen LogP contribution in [-0.2, 0) is 9.53 Å². The average Bonchev–Trinajstić information content (AvgIpc) is 2.41. The molecule has 0 saturated carbocycles. The van der Waals surface area contributed by atoms with E-state index in [-0.39, 0.29) is 18.5 Å². The molecular weight excluding hydrogens is 246 g/mol. The number of para-hydroxylation sites is 1. The summed E-state index contributed by atoms with van der Waals surface area (Å²) < 4.78 is 10.2. The number of morpholine rings is 1. The fourth-order valence-corrected chi connectivity index (χ4v) is 2.12. The zero-order valence-corrected chi connectivity index (χ0v) is 11.3. The predicted molar refractivity (Wildman–Crippen MR) is 69.1 cm³/mol. The smallest absolute Gasteiger partial charge is 0.331 e. The molecule has 102 valence electrons. The number of carbonyl (C=O) groups is 2. The Morgan fingerprint density at radius 2 is 2.05 bits per heavy atom. The van der Waals surface area contributed by atoms with Gasteiger partial charge >= 0.3 is 5.97 Å². The first-order valence-corrected chi connectivity index (χ1v) is 6.10. The minimum atomic E-state index is -0.962. The van der Waals surface area contributed by atoms with Gasteiger partial charge in [-0.2, -0.15) is 0 Å². The second kappa shape index (κ2) is 4.91. The van der Waals surface area contributed by atoms with Gasteiger partial charge in [-0.05, 0) is 26.0 Å². The number of carbonyl (C=O) groups excluding carboxylic acids is 2. The second-order valence-electron chi connectivity index (χ2n) is 4.85. The molecule has 1 heterocycles. The first-order chi connectivity index (χ1) is 8.98. The molecule has 5 nitrogen and oxygen atoms in total. The van der Waals surface area contributed by atoms with Gasteiger partial charge in [0, 0.05) is 0 Å². The zero-order valence-electron chi connectivity index (χ0n) is 11.3. The molecule has 0 unspecified atom stereocenters. The van der Waals surface area contributed by atoms with Gasteiger partial charge < -0.3 is 14.4 Å². The number of benzene rings is 1. The minimum Gasteiger partial charge on any atom is -0.496 e. The third-order valence-corrected chi connectivity index (χ3v) is 3.30. The maximum atomic E-state index is 12.6. The summed E-state index contributed by atoms with van der Waals surface area (Å²) in [6, 6.07) is 6.98. The Morgan fingerprint density at radius 1 is 1.37 bits per heavy atom. The van der Waals surface area contributed by atoms with Crippen molar-refractivity contribution in [3.05, 3.63) is 29.8 Å². The third kappa shape index (κ3) is 2.28. The van der Waals surface area contributed by atoms with E-state index in [0.717, 1.165) is 0 Å². The molecule has 1 aromatic rings. The van der Waals surface area contributed by atoms with Crippen LogP contribution in [0.4, 0.5) is 0 Å². The van der Waals surface area contributed by atoms with Crippen molar-refractivity contribution >= 4 is 11.9 Å². The van der Waals surface area contributed by atoms with Crippen LogP contribution in [0.25, 0.3) is 0 Å². The molecule has 0 bridgehead atoms. The summed E-state index contributed by atoms with van der Waals surface area (Å²) in [4.78, 5) is 25.9. The first-order valence-electron chi connectivity index (χ1n) is 6.10. The number of cyclic esters (lactones) is 1. The molecule has 0 atom stereocenters. The molecule has 1 aromatic carbocycles. The Labute approximate surface area is 112 Å². The van der Waals surface area contributed by atoms with Crippen LogP contribution < -0.4 is 4.74 Å². The number of methoxy groups -OCH3 is 1. The monoisotopic (exact) mass is 263 g/mol. The highest BCUT2D eigenvalue weighted by atomic mass is 16.5. The highest BCUT2D eigenvalue weighted by Gasteiger charge is 2.43. The molecule has 0 aromatic heterocycles. The quantitative estimate of drug-likeness (QED) is 0.758. The molecule has 19 heavy (non-hydrogen) atoms. The molecule has 0 spiro atoms. The van der Waals surface area contributed by atoms with E-state index in [2.05, 4.69) is 0 Å². The van der Waals surface area contributed by atoms with Gasteiger partial charge in [0.2, 0.25) is 0 Å². The number of esters is 1. The maximum absolute atomic E-state index is 12.6. The highest BCUT2D eigenvalue weighted by Crippen LogP contribution is 2.26. The van der Waals surface area contributed by atoms with Crippen LogP contribution >= 0.6 is 0 Å². The Kier molecular flexibility index (Phi) is 3.46. The number of amides is 1. The number of rotatable bonds is 2. The Morgan fingerprint density at radius 3 is 2.74 bits per heavy atom. The zero-order chi connectivity index (χ0) is 14.0. The second-order valence-corrected chi connectivity index (χ2v) is 4.85. The molecule has 1 saturated heterocycles. The molecule has 1 fully saturated rings. The molecule has 2 rings (SSSR count). The number of hydrogen-bond acceptors (Lipinski definition) is 4. The first kappa shape index (κ1) is 13.4. The van der Waals surface area contributed by atoms with Crippen molar-refractivity contribution in [3.63, 3.8) is 0 Å². The number of nitrogens with zero attached hydrogens (tertiary/aromatic N) is 1. The van der Waals surface area contributed by atoms with Gasteiger partial charge in [0.15, 0.2) is 0 Å². The number of hydrogen-bond donors (Lipinski definition) is 0. The van der Waals surface area contributed by atoms with E-state index < -0.39 is 5.54 Å². The molecule has 1 aliphatic rings. The van der Waals surface area contributed by atoms with E-state index >= 15 is 0 Å². The van der Waals surface area contributed by atoms with Crippen molar-refractivity contribution in [2.75, 3.05) is 20.3 Å². The molecule has 0 N–H and O–H groups in total. The summed E-state index contributed by atoms with van der Waals surface area (Å²) in [5, 5.41) is 0. The lowest BCUT2D eigenvalue weighted by Crippen LogP contribution is -2.58. The van der Waals surface area contributed by atoms with Gasteiger partial charge in [0.05, 0.1) is 19.2 Å². The molecule has 0 aliphatic carbocycles. The van der Waals surface area contributed by atoms with Crippen LogP contribution in [0.2, 0.25) is 0 Å². The summed E-state index contributed by atoms with van der Waals surface area (Å²) in [5.74, 6) is -0.108. The summed E-state index contributed by atoms with van der Waals surface area (Å²) >= 11 is 0. The largest absolute Gasteiger partial charge is 0.496 e. The van der Waals surface area contributed by atoms with Crippen molar-refractivity contribution in [1.82, 2.24) is 4.90 Å². The topological polar surface area (TPSA) is 55.8 Å². The predicted octanol–water partition coefficient (Wildman–Crippen LogP) is 1.47. The number of ether oxygens (including phenoxy) is 2. The van der Waals surface area contributed by atoms with Crippen LogP contribution in [-0.4, -0.2) is 42.6 Å². The highest BCUT2D eigenvalue weighted by molar-refractivity contribution is 6.00. The normalized spacial score (nSPS) is 17.8. The van der Waals surface area contributed by atoms with Gasteiger partial charge in [-0.1, -0.05) is 12.1 Å². The van der Waals surface area contributed by atoms with Crippen LogP contribution in [0, 0.1) is 0 Å². The van der Waals surface area contributed by atoms with E-state index in [9.17, 15) is 9.59 Å². The Bertz CT molecular complexity index is 510. The fraction of sp³-hybridized carbons (Fsp3) is 0.429. The Balaban J connectivity index is 2.35. The summed E-state index contributed by atoms with van der Waals surface area (Å²) in [5.41, 5.74) is -0.510. The summed E-state index contributed by atoms with van der Waals surface area (Å²) in [6.45, 7) is 3.97. The third-order valence-electron chi connectivity index (χ3n) is 3.30. The van der Waals surface area contributed by atoms with Crippen LogP contribution in [0.1, 0.15) is 24.2 Å². The Hall–Kier alpha value is -2.04. The van der Waals surface area contributed by atoms with E-state index in [1.807, 2.05) is 0 Å². The van der Waals surface area contributed by atoms with Gasteiger partial charge in [0.25, 0.3) is 5.91 Å². The van der Waals surface area contributed by atoms with Gasteiger partial charge in [-0.25, -0.2) is 4.79 Å². The summed E-state index contributed by atoms with van der Waals surface area (Å²) in [6.07, 6.45) is 0. The molecule has 1 amide bonds. The lowest BCUT2D eigenvalue weighted by molar-refractivity contribution is -0.162. The SMILES string of the molecule is COc1ccccc1C(=O)N1CCOC(=O)C1(C)C. The molecular formula is C14H17NO4. The van der Waals surface area contributed by atoms with E-state index in [4.69, 9.17) is 9.47 Å². The average molecular weight is 263 g/mol.